The van der Waals surface area contributed by atoms with Crippen molar-refractivity contribution in [3.8, 4) is 0 Å². The van der Waals surface area contributed by atoms with E-state index >= 15 is 0 Å². The average Bonchev–Trinajstić information content (AvgIpc) is 2.39. The number of nitrogens with zero attached hydrogens (tertiary/aromatic N) is 3. The Balaban J connectivity index is 0.00000441. The van der Waals surface area contributed by atoms with Crippen molar-refractivity contribution >= 4 is 22.4 Å². The van der Waals surface area contributed by atoms with Crippen LogP contribution in [0.4, 0.5) is 0 Å². The van der Waals surface area contributed by atoms with Gasteiger partial charge in [0.25, 0.3) is 5.56 Å². The molecule has 0 amide bonds. The van der Waals surface area contributed by atoms with E-state index in [9.17, 15) is 18.0 Å². The number of aryl methyl sites for hydroxylation is 1. The van der Waals surface area contributed by atoms with E-state index in [2.05, 4.69) is 0 Å². The molecule has 0 atom stereocenters. The summed E-state index contributed by atoms with van der Waals surface area (Å²) in [5.74, 6) is 0. The molecule has 0 unspecified atom stereocenters. The molecular formula is C12H23ClN4O4S. The molecule has 8 nitrogen and oxygen atoms in total. The Morgan fingerprint density at radius 2 is 1.77 bits per heavy atom. The van der Waals surface area contributed by atoms with Crippen molar-refractivity contribution in [1.29, 1.82) is 0 Å². The lowest BCUT2D eigenvalue weighted by atomic mass is 9.94. The molecule has 10 heteroatoms. The van der Waals surface area contributed by atoms with Crippen LogP contribution in [0.25, 0.3) is 0 Å². The highest BCUT2D eigenvalue weighted by Crippen LogP contribution is 2.18. The fourth-order valence-corrected chi connectivity index (χ4v) is 3.38. The molecule has 0 saturated carbocycles. The summed E-state index contributed by atoms with van der Waals surface area (Å²) >= 11 is 0. The molecule has 0 aromatic carbocycles. The molecule has 1 rings (SSSR count). The van der Waals surface area contributed by atoms with E-state index in [0.717, 1.165) is 19.6 Å². The first-order valence-corrected chi connectivity index (χ1v) is 7.81. The fourth-order valence-electron chi connectivity index (χ4n) is 1.87. The summed E-state index contributed by atoms with van der Waals surface area (Å²) < 4.78 is 28.0. The van der Waals surface area contributed by atoms with Crippen molar-refractivity contribution in [1.82, 2.24) is 13.4 Å². The minimum absolute atomic E-state index is 0. The molecule has 0 fully saturated rings. The second kappa shape index (κ2) is 6.95. The zero-order valence-electron chi connectivity index (χ0n) is 13.4. The Morgan fingerprint density at radius 3 is 2.23 bits per heavy atom. The van der Waals surface area contributed by atoms with Gasteiger partial charge in [0.15, 0.2) is 4.90 Å². The number of aromatic nitrogens is 2. The Bertz CT molecular complexity index is 751. The van der Waals surface area contributed by atoms with Gasteiger partial charge in [0.2, 0.25) is 10.0 Å². The molecule has 0 aliphatic heterocycles. The Morgan fingerprint density at radius 1 is 1.27 bits per heavy atom. The van der Waals surface area contributed by atoms with E-state index in [-0.39, 0.29) is 19.0 Å². The van der Waals surface area contributed by atoms with Crippen molar-refractivity contribution in [2.45, 2.75) is 18.7 Å². The van der Waals surface area contributed by atoms with Crippen molar-refractivity contribution in [2.75, 3.05) is 20.1 Å². The van der Waals surface area contributed by atoms with E-state index in [1.165, 1.54) is 21.1 Å². The molecule has 0 aliphatic rings. The number of hydrogen-bond donors (Lipinski definition) is 1. The number of sulfonamides is 1. The molecule has 0 radical (unpaired) electrons. The Hall–Kier alpha value is -1.16. The van der Waals surface area contributed by atoms with Crippen molar-refractivity contribution in [2.24, 2.45) is 25.2 Å². The van der Waals surface area contributed by atoms with Gasteiger partial charge in [0, 0.05) is 33.9 Å². The van der Waals surface area contributed by atoms with E-state index in [1.807, 2.05) is 13.8 Å². The number of rotatable bonds is 5. The highest BCUT2D eigenvalue weighted by Gasteiger charge is 2.30. The zero-order chi connectivity index (χ0) is 16.6. The lowest BCUT2D eigenvalue weighted by molar-refractivity contribution is 0.291. The number of hydrogen-bond acceptors (Lipinski definition) is 5. The average molecular weight is 355 g/mol. The molecule has 1 aromatic heterocycles. The SMILES string of the molecule is CN(CC(C)(C)CN)S(=O)(=O)c1cn(C)c(=O)n(C)c1=O.Cl. The van der Waals surface area contributed by atoms with Gasteiger partial charge < -0.3 is 10.3 Å². The molecule has 1 aromatic rings. The summed E-state index contributed by atoms with van der Waals surface area (Å²) in [6.45, 7) is 4.13. The number of nitrogens with two attached hydrogens (primary N) is 1. The molecule has 0 aliphatic carbocycles. The molecule has 22 heavy (non-hydrogen) atoms. The number of halogens is 1. The summed E-state index contributed by atoms with van der Waals surface area (Å²) in [7, 11) is 0.0332. The van der Waals surface area contributed by atoms with E-state index in [4.69, 9.17) is 5.73 Å². The third-order valence-corrected chi connectivity index (χ3v) is 5.09. The highest BCUT2D eigenvalue weighted by atomic mass is 35.5. The fraction of sp³-hybridized carbons (Fsp3) is 0.667. The minimum Gasteiger partial charge on any atom is -0.330 e. The Kier molecular flexibility index (Phi) is 6.58. The van der Waals surface area contributed by atoms with Crippen LogP contribution in [0.3, 0.4) is 0 Å². The highest BCUT2D eigenvalue weighted by molar-refractivity contribution is 7.89. The molecule has 0 saturated heterocycles. The van der Waals surface area contributed by atoms with Crippen LogP contribution < -0.4 is 17.0 Å². The molecular weight excluding hydrogens is 332 g/mol. The zero-order valence-corrected chi connectivity index (χ0v) is 15.0. The summed E-state index contributed by atoms with van der Waals surface area (Å²) in [6, 6.07) is 0. The van der Waals surface area contributed by atoms with Gasteiger partial charge in [-0.05, 0) is 12.0 Å². The van der Waals surface area contributed by atoms with Crippen LogP contribution in [-0.4, -0.2) is 42.0 Å². The van der Waals surface area contributed by atoms with Gasteiger partial charge in [-0.1, -0.05) is 13.8 Å². The van der Waals surface area contributed by atoms with Gasteiger partial charge in [0.1, 0.15) is 0 Å². The van der Waals surface area contributed by atoms with Gasteiger partial charge in [-0.25, -0.2) is 17.5 Å². The first-order chi connectivity index (χ1) is 9.44. The summed E-state index contributed by atoms with van der Waals surface area (Å²) in [4.78, 5) is 23.2. The second-order valence-electron chi connectivity index (χ2n) is 5.88. The molecule has 2 N–H and O–H groups in total. The van der Waals surface area contributed by atoms with Gasteiger partial charge in [-0.3, -0.25) is 9.36 Å². The third kappa shape index (κ3) is 3.97. The second-order valence-corrected chi connectivity index (χ2v) is 7.89. The van der Waals surface area contributed by atoms with Crippen molar-refractivity contribution < 1.29 is 8.42 Å². The molecule has 0 bridgehead atoms. The summed E-state index contributed by atoms with van der Waals surface area (Å²) in [5.41, 5.74) is 3.76. The molecule has 128 valence electrons. The van der Waals surface area contributed by atoms with Crippen molar-refractivity contribution in [3.05, 3.63) is 27.0 Å². The summed E-state index contributed by atoms with van der Waals surface area (Å²) in [5, 5.41) is 0. The quantitative estimate of drug-likeness (QED) is 0.738. The normalized spacial score (nSPS) is 12.3. The van der Waals surface area contributed by atoms with Crippen LogP contribution in [-0.2, 0) is 24.1 Å². The van der Waals surface area contributed by atoms with Crippen LogP contribution >= 0.6 is 12.4 Å². The van der Waals surface area contributed by atoms with E-state index in [1.54, 1.807) is 0 Å². The lowest BCUT2D eigenvalue weighted by Gasteiger charge is -2.28. The Labute approximate surface area is 136 Å². The first kappa shape index (κ1) is 20.8. The molecule has 1 heterocycles. The van der Waals surface area contributed by atoms with Crippen LogP contribution in [0.15, 0.2) is 20.7 Å². The van der Waals surface area contributed by atoms with Gasteiger partial charge in [0.05, 0.1) is 0 Å². The lowest BCUT2D eigenvalue weighted by Crippen LogP contribution is -2.44. The van der Waals surface area contributed by atoms with Crippen LogP contribution in [0.1, 0.15) is 13.8 Å². The predicted molar refractivity (Wildman–Crippen MR) is 86.8 cm³/mol. The summed E-state index contributed by atoms with van der Waals surface area (Å²) in [6.07, 6.45) is 1.05. The topological polar surface area (TPSA) is 107 Å². The monoisotopic (exact) mass is 354 g/mol. The predicted octanol–water partition coefficient (Wildman–Crippen LogP) is -0.889. The van der Waals surface area contributed by atoms with Crippen LogP contribution in [0.2, 0.25) is 0 Å². The maximum atomic E-state index is 12.5. The van der Waals surface area contributed by atoms with Crippen LogP contribution in [0.5, 0.6) is 0 Å². The van der Waals surface area contributed by atoms with Gasteiger partial charge in [-0.15, -0.1) is 12.4 Å². The smallest absolute Gasteiger partial charge is 0.330 e. The van der Waals surface area contributed by atoms with E-state index < -0.39 is 31.6 Å². The van der Waals surface area contributed by atoms with Gasteiger partial charge in [-0.2, -0.15) is 0 Å². The third-order valence-electron chi connectivity index (χ3n) is 3.31. The van der Waals surface area contributed by atoms with Crippen LogP contribution in [0, 0.1) is 5.41 Å². The maximum absolute atomic E-state index is 12.5. The molecule has 0 spiro atoms. The largest absolute Gasteiger partial charge is 0.330 e. The standard InChI is InChI=1S/C12H22N4O4S.ClH/c1-12(2,7-13)8-15(4)21(19,20)9-6-14(3)11(18)16(5)10(9)17;/h6H,7-8,13H2,1-5H3;1H. The maximum Gasteiger partial charge on any atom is 0.330 e. The van der Waals surface area contributed by atoms with Gasteiger partial charge >= 0.3 is 5.69 Å². The minimum atomic E-state index is -3.99. The van der Waals surface area contributed by atoms with Crippen molar-refractivity contribution in [3.63, 3.8) is 0 Å². The van der Waals surface area contributed by atoms with E-state index in [0.29, 0.717) is 6.54 Å². The first-order valence-electron chi connectivity index (χ1n) is 6.37.